The third-order valence-electron chi connectivity index (χ3n) is 5.59. The number of hydrogen-bond acceptors (Lipinski definition) is 6. The number of nitrogens with zero attached hydrogens (tertiary/aromatic N) is 2. The highest BCUT2D eigenvalue weighted by Gasteiger charge is 2.33. The molecule has 9 heteroatoms. The maximum atomic E-state index is 12.9. The molecule has 33 heavy (non-hydrogen) atoms. The maximum Gasteiger partial charge on any atom is 0.309 e. The molecule has 8 nitrogen and oxygen atoms in total. The van der Waals surface area contributed by atoms with Crippen LogP contribution in [0.25, 0.3) is 0 Å². The summed E-state index contributed by atoms with van der Waals surface area (Å²) in [7, 11) is -1.98. The van der Waals surface area contributed by atoms with Crippen molar-refractivity contribution in [3.05, 3.63) is 60.2 Å². The van der Waals surface area contributed by atoms with E-state index >= 15 is 0 Å². The van der Waals surface area contributed by atoms with Crippen molar-refractivity contribution in [1.29, 1.82) is 0 Å². The molecule has 1 heterocycles. The second-order valence-electron chi connectivity index (χ2n) is 7.93. The Bertz CT molecular complexity index is 1030. The van der Waals surface area contributed by atoms with Gasteiger partial charge in [-0.05, 0) is 49.6 Å². The van der Waals surface area contributed by atoms with Crippen molar-refractivity contribution in [2.24, 2.45) is 5.92 Å². The van der Waals surface area contributed by atoms with Crippen LogP contribution in [-0.4, -0.2) is 62.9 Å². The van der Waals surface area contributed by atoms with Gasteiger partial charge in [0.25, 0.3) is 5.91 Å². The van der Waals surface area contributed by atoms with Gasteiger partial charge in [0.15, 0.2) is 6.61 Å². The zero-order chi connectivity index (χ0) is 23.8. The molecule has 0 spiro atoms. The summed E-state index contributed by atoms with van der Waals surface area (Å²) in [4.78, 5) is 26.4. The molecule has 0 radical (unpaired) electrons. The van der Waals surface area contributed by atoms with Crippen molar-refractivity contribution in [3.8, 4) is 5.75 Å². The van der Waals surface area contributed by atoms with Crippen molar-refractivity contribution < 1.29 is 27.5 Å². The predicted molar refractivity (Wildman–Crippen MR) is 123 cm³/mol. The van der Waals surface area contributed by atoms with Crippen LogP contribution in [0.5, 0.6) is 5.75 Å². The van der Waals surface area contributed by atoms with Crippen LogP contribution in [0.15, 0.2) is 59.5 Å². The van der Waals surface area contributed by atoms with Gasteiger partial charge >= 0.3 is 5.97 Å². The first-order valence-electron chi connectivity index (χ1n) is 11.0. The lowest BCUT2D eigenvalue weighted by Crippen LogP contribution is -2.41. The van der Waals surface area contributed by atoms with Crippen LogP contribution in [0.4, 0.5) is 0 Å². The zero-order valence-electron chi connectivity index (χ0n) is 19.0. The van der Waals surface area contributed by atoms with Crippen LogP contribution < -0.4 is 4.74 Å². The normalized spacial score (nSPS) is 15.1. The first-order chi connectivity index (χ1) is 15.8. The Labute approximate surface area is 195 Å². The smallest absolute Gasteiger partial charge is 0.309 e. The lowest BCUT2D eigenvalue weighted by molar-refractivity contribution is -0.156. The topological polar surface area (TPSA) is 93.2 Å². The number of esters is 1. The average molecular weight is 475 g/mol. The minimum Gasteiger partial charge on any atom is -0.494 e. The lowest BCUT2D eigenvalue weighted by Gasteiger charge is -2.30. The maximum absolute atomic E-state index is 12.9. The van der Waals surface area contributed by atoms with Crippen molar-refractivity contribution in [2.45, 2.75) is 31.2 Å². The van der Waals surface area contributed by atoms with E-state index in [0.29, 0.717) is 31.7 Å². The minimum atomic E-state index is -3.64. The molecule has 2 aromatic rings. The average Bonchev–Trinajstić information content (AvgIpc) is 2.83. The Hall–Kier alpha value is -2.91. The summed E-state index contributed by atoms with van der Waals surface area (Å²) in [6.07, 6.45) is 0.701. The zero-order valence-corrected chi connectivity index (χ0v) is 19.8. The van der Waals surface area contributed by atoms with Crippen LogP contribution in [0, 0.1) is 5.92 Å². The van der Waals surface area contributed by atoms with Gasteiger partial charge in [-0.3, -0.25) is 9.59 Å². The Morgan fingerprint density at radius 1 is 1.03 bits per heavy atom. The fourth-order valence-corrected chi connectivity index (χ4v) is 5.13. The Morgan fingerprint density at radius 2 is 1.67 bits per heavy atom. The molecule has 0 atom stereocenters. The van der Waals surface area contributed by atoms with E-state index in [9.17, 15) is 18.0 Å². The summed E-state index contributed by atoms with van der Waals surface area (Å²) in [5, 5.41) is 0. The molecule has 0 unspecified atom stereocenters. The minimum absolute atomic E-state index is 0.194. The Kier molecular flexibility index (Phi) is 8.46. The van der Waals surface area contributed by atoms with Gasteiger partial charge in [0, 0.05) is 26.7 Å². The fourth-order valence-electron chi connectivity index (χ4n) is 3.66. The molecular weight excluding hydrogens is 444 g/mol. The second-order valence-corrected chi connectivity index (χ2v) is 9.86. The van der Waals surface area contributed by atoms with E-state index in [1.807, 2.05) is 37.3 Å². The molecular formula is C24H30N2O6S. The highest BCUT2D eigenvalue weighted by Crippen LogP contribution is 2.26. The number of sulfonamides is 1. The van der Waals surface area contributed by atoms with E-state index in [-0.39, 0.29) is 30.5 Å². The van der Waals surface area contributed by atoms with Crippen LogP contribution in [0.1, 0.15) is 25.3 Å². The Morgan fingerprint density at radius 3 is 2.27 bits per heavy atom. The fraction of sp³-hybridized carbons (Fsp3) is 0.417. The molecule has 2 aromatic carbocycles. The summed E-state index contributed by atoms with van der Waals surface area (Å²) in [5.41, 5.74) is 0.987. The van der Waals surface area contributed by atoms with Crippen LogP contribution >= 0.6 is 0 Å². The number of carbonyl (C=O) groups excluding carboxylic acids is 2. The summed E-state index contributed by atoms with van der Waals surface area (Å²) < 4.78 is 37.8. The molecule has 0 saturated carbocycles. The van der Waals surface area contributed by atoms with E-state index in [2.05, 4.69) is 0 Å². The molecule has 1 aliphatic rings. The van der Waals surface area contributed by atoms with E-state index in [0.717, 1.165) is 5.56 Å². The SMILES string of the molecule is CCOc1ccc(S(=O)(=O)N2CCC(C(=O)OCC(=O)N(C)Cc3ccccc3)CC2)cc1. The standard InChI is InChI=1S/C24H30N2O6S/c1-3-31-21-9-11-22(12-10-21)33(29,30)26-15-13-20(14-16-26)24(28)32-18-23(27)25(2)17-19-7-5-4-6-8-19/h4-12,20H,3,13-18H2,1-2H3. The summed E-state index contributed by atoms with van der Waals surface area (Å²) in [6.45, 7) is 2.91. The summed E-state index contributed by atoms with van der Waals surface area (Å²) in [5.74, 6) is -0.567. The molecule has 1 fully saturated rings. The van der Waals surface area contributed by atoms with Gasteiger partial charge in [-0.15, -0.1) is 0 Å². The van der Waals surface area contributed by atoms with E-state index < -0.39 is 21.9 Å². The highest BCUT2D eigenvalue weighted by atomic mass is 32.2. The van der Waals surface area contributed by atoms with Crippen molar-refractivity contribution in [2.75, 3.05) is 33.4 Å². The Balaban J connectivity index is 1.46. The third kappa shape index (κ3) is 6.55. The van der Waals surface area contributed by atoms with Crippen LogP contribution in [-0.2, 0) is 30.9 Å². The number of benzene rings is 2. The number of hydrogen-bond donors (Lipinski definition) is 0. The lowest BCUT2D eigenvalue weighted by atomic mass is 9.98. The molecule has 1 amide bonds. The molecule has 0 aliphatic carbocycles. The second kappa shape index (κ2) is 11.3. The molecule has 0 bridgehead atoms. The van der Waals surface area contributed by atoms with Crippen molar-refractivity contribution in [3.63, 3.8) is 0 Å². The summed E-state index contributed by atoms with van der Waals surface area (Å²) >= 11 is 0. The number of amides is 1. The van der Waals surface area contributed by atoms with Gasteiger partial charge in [-0.25, -0.2) is 8.42 Å². The first kappa shape index (κ1) is 24.7. The van der Waals surface area contributed by atoms with Crippen LogP contribution in [0.3, 0.4) is 0 Å². The molecule has 1 aliphatic heterocycles. The number of ether oxygens (including phenoxy) is 2. The third-order valence-corrected chi connectivity index (χ3v) is 7.50. The molecule has 0 aromatic heterocycles. The van der Waals surface area contributed by atoms with Gasteiger partial charge in [0.2, 0.25) is 10.0 Å². The number of carbonyl (C=O) groups is 2. The van der Waals surface area contributed by atoms with Gasteiger partial charge in [-0.2, -0.15) is 4.31 Å². The summed E-state index contributed by atoms with van der Waals surface area (Å²) in [6, 6.07) is 15.9. The largest absolute Gasteiger partial charge is 0.494 e. The first-order valence-corrected chi connectivity index (χ1v) is 12.4. The monoisotopic (exact) mass is 474 g/mol. The van der Waals surface area contributed by atoms with E-state index in [4.69, 9.17) is 9.47 Å². The van der Waals surface area contributed by atoms with Crippen molar-refractivity contribution >= 4 is 21.9 Å². The van der Waals surface area contributed by atoms with Crippen LogP contribution in [0.2, 0.25) is 0 Å². The molecule has 0 N–H and O–H groups in total. The number of rotatable bonds is 9. The van der Waals surface area contributed by atoms with E-state index in [1.54, 1.807) is 19.2 Å². The van der Waals surface area contributed by atoms with Gasteiger partial charge in [0.05, 0.1) is 17.4 Å². The quantitative estimate of drug-likeness (QED) is 0.519. The van der Waals surface area contributed by atoms with Gasteiger partial charge in [0.1, 0.15) is 5.75 Å². The molecule has 1 saturated heterocycles. The number of piperidine rings is 1. The predicted octanol–water partition coefficient (Wildman–Crippen LogP) is 2.69. The van der Waals surface area contributed by atoms with E-state index in [1.165, 1.54) is 21.3 Å². The number of likely N-dealkylation sites (N-methyl/N-ethyl adjacent to an activating group) is 1. The molecule has 3 rings (SSSR count). The van der Waals surface area contributed by atoms with Crippen molar-refractivity contribution in [1.82, 2.24) is 9.21 Å². The van der Waals surface area contributed by atoms with Gasteiger partial charge in [-0.1, -0.05) is 30.3 Å². The molecule has 178 valence electrons. The highest BCUT2D eigenvalue weighted by molar-refractivity contribution is 7.89. The van der Waals surface area contributed by atoms with Gasteiger partial charge < -0.3 is 14.4 Å².